The average Bonchev–Trinajstić information content (AvgIpc) is 2.85. The second-order valence-electron chi connectivity index (χ2n) is 5.04. The fraction of sp³-hybridized carbons (Fsp3) is 0.462. The lowest BCUT2D eigenvalue weighted by atomic mass is 10.1. The summed E-state index contributed by atoms with van der Waals surface area (Å²) in [5, 5.41) is 0. The Labute approximate surface area is 117 Å². The van der Waals surface area contributed by atoms with Crippen LogP contribution in [0.4, 0.5) is 0 Å². The van der Waals surface area contributed by atoms with Crippen molar-refractivity contribution in [1.29, 1.82) is 0 Å². The number of rotatable bonds is 2. The normalized spacial score (nSPS) is 29.3. The van der Waals surface area contributed by atoms with E-state index in [0.717, 1.165) is 5.56 Å². The Morgan fingerprint density at radius 1 is 1.26 bits per heavy atom. The highest BCUT2D eigenvalue weighted by Gasteiger charge is 2.52. The molecule has 0 bridgehead atoms. The molecular weight excluding hydrogens is 282 g/mol. The molecule has 4 nitrogen and oxygen atoms in total. The van der Waals surface area contributed by atoms with Gasteiger partial charge in [0.2, 0.25) is 5.91 Å². The first kappa shape index (κ1) is 13.0. The van der Waals surface area contributed by atoms with Crippen molar-refractivity contribution in [3.8, 4) is 0 Å². The molecule has 3 rings (SSSR count). The largest absolute Gasteiger partial charge is 0.322 e. The van der Waals surface area contributed by atoms with Gasteiger partial charge in [-0.25, -0.2) is 8.42 Å². The Kier molecular flexibility index (Phi) is 3.09. The highest BCUT2D eigenvalue weighted by atomic mass is 32.2. The molecule has 1 amide bonds. The van der Waals surface area contributed by atoms with E-state index in [1.165, 1.54) is 11.8 Å². The van der Waals surface area contributed by atoms with Crippen molar-refractivity contribution in [3.05, 3.63) is 35.9 Å². The van der Waals surface area contributed by atoms with E-state index in [9.17, 15) is 13.2 Å². The van der Waals surface area contributed by atoms with Gasteiger partial charge in [-0.3, -0.25) is 4.79 Å². The van der Waals surface area contributed by atoms with Crippen LogP contribution in [-0.2, 0) is 21.2 Å². The fourth-order valence-electron chi connectivity index (χ4n) is 2.71. The highest BCUT2D eigenvalue weighted by Crippen LogP contribution is 2.45. The maximum atomic E-state index is 12.1. The molecule has 0 aromatic heterocycles. The second kappa shape index (κ2) is 4.52. The lowest BCUT2D eigenvalue weighted by molar-refractivity contribution is -0.130. The number of sulfone groups is 1. The number of carbonyl (C=O) groups is 1. The SMILES string of the molecule is O=C1CS[C@@]2(CCS(=O)(=O)C2)N1Cc1ccccc1. The van der Waals surface area contributed by atoms with Crippen LogP contribution >= 0.6 is 11.8 Å². The number of hydrogen-bond donors (Lipinski definition) is 0. The summed E-state index contributed by atoms with van der Waals surface area (Å²) >= 11 is 1.49. The number of nitrogens with zero attached hydrogens (tertiary/aromatic N) is 1. The van der Waals surface area contributed by atoms with Crippen LogP contribution in [0, 0.1) is 0 Å². The molecule has 0 unspecified atom stereocenters. The van der Waals surface area contributed by atoms with Gasteiger partial charge in [0.15, 0.2) is 9.84 Å². The van der Waals surface area contributed by atoms with E-state index in [1.54, 1.807) is 4.90 Å². The summed E-state index contributed by atoms with van der Waals surface area (Å²) in [6, 6.07) is 9.73. The summed E-state index contributed by atoms with van der Waals surface area (Å²) in [6.07, 6.45) is 0.554. The number of hydrogen-bond acceptors (Lipinski definition) is 4. The lowest BCUT2D eigenvalue weighted by Crippen LogP contribution is -2.44. The maximum Gasteiger partial charge on any atom is 0.234 e. The van der Waals surface area contributed by atoms with Crippen LogP contribution < -0.4 is 0 Å². The Balaban J connectivity index is 1.88. The van der Waals surface area contributed by atoms with Crippen molar-refractivity contribution in [2.24, 2.45) is 0 Å². The smallest absolute Gasteiger partial charge is 0.234 e. The minimum absolute atomic E-state index is 0.0472. The van der Waals surface area contributed by atoms with Gasteiger partial charge in [-0.2, -0.15) is 0 Å². The van der Waals surface area contributed by atoms with Gasteiger partial charge in [0.1, 0.15) is 4.87 Å². The van der Waals surface area contributed by atoms with E-state index in [1.807, 2.05) is 30.3 Å². The first-order valence-electron chi connectivity index (χ1n) is 6.20. The summed E-state index contributed by atoms with van der Waals surface area (Å²) < 4.78 is 23.5. The van der Waals surface area contributed by atoms with Crippen LogP contribution in [0.25, 0.3) is 0 Å². The summed E-state index contributed by atoms with van der Waals surface area (Å²) in [7, 11) is -3.00. The summed E-state index contributed by atoms with van der Waals surface area (Å²) in [6.45, 7) is 0.502. The average molecular weight is 297 g/mol. The van der Waals surface area contributed by atoms with Crippen molar-refractivity contribution in [2.45, 2.75) is 17.8 Å². The van der Waals surface area contributed by atoms with Crippen LogP contribution in [0.2, 0.25) is 0 Å². The molecule has 0 N–H and O–H groups in total. The molecular formula is C13H15NO3S2. The topological polar surface area (TPSA) is 54.5 Å². The number of carbonyl (C=O) groups excluding carboxylic acids is 1. The first-order chi connectivity index (χ1) is 9.01. The zero-order valence-corrected chi connectivity index (χ0v) is 12.0. The van der Waals surface area contributed by atoms with E-state index in [2.05, 4.69) is 0 Å². The summed E-state index contributed by atoms with van der Waals surface area (Å²) in [4.78, 5) is 13.3. The van der Waals surface area contributed by atoms with Gasteiger partial charge in [0.05, 0.1) is 17.3 Å². The predicted octanol–water partition coefficient (Wildman–Crippen LogP) is 1.28. The predicted molar refractivity (Wildman–Crippen MR) is 75.5 cm³/mol. The molecule has 0 aliphatic carbocycles. The van der Waals surface area contributed by atoms with Gasteiger partial charge in [-0.05, 0) is 12.0 Å². The van der Waals surface area contributed by atoms with Gasteiger partial charge < -0.3 is 4.90 Å². The zero-order valence-electron chi connectivity index (χ0n) is 10.4. The van der Waals surface area contributed by atoms with E-state index in [0.29, 0.717) is 18.7 Å². The maximum absolute atomic E-state index is 12.1. The molecule has 19 heavy (non-hydrogen) atoms. The van der Waals surface area contributed by atoms with Crippen LogP contribution in [0.1, 0.15) is 12.0 Å². The molecule has 1 aromatic rings. The molecule has 102 valence electrons. The Hall–Kier alpha value is -1.01. The molecule has 1 aromatic carbocycles. The molecule has 2 aliphatic rings. The van der Waals surface area contributed by atoms with Gasteiger partial charge >= 0.3 is 0 Å². The molecule has 0 saturated carbocycles. The third kappa shape index (κ3) is 2.39. The first-order valence-corrected chi connectivity index (χ1v) is 9.00. The molecule has 2 saturated heterocycles. The second-order valence-corrected chi connectivity index (χ2v) is 8.56. The standard InChI is InChI=1S/C13H15NO3S2/c15-12-9-18-13(6-7-19(16,17)10-13)14(12)8-11-4-2-1-3-5-11/h1-5H,6-10H2/t13-/m1/s1. The van der Waals surface area contributed by atoms with Crippen LogP contribution in [0.5, 0.6) is 0 Å². The fourth-order valence-corrected chi connectivity index (χ4v) is 6.61. The third-order valence-electron chi connectivity index (χ3n) is 3.69. The van der Waals surface area contributed by atoms with Crippen LogP contribution in [0.3, 0.4) is 0 Å². The van der Waals surface area contributed by atoms with E-state index < -0.39 is 14.7 Å². The van der Waals surface area contributed by atoms with E-state index in [4.69, 9.17) is 0 Å². The van der Waals surface area contributed by atoms with Crippen molar-refractivity contribution in [3.63, 3.8) is 0 Å². The third-order valence-corrected chi connectivity index (χ3v) is 7.11. The number of thioether (sulfide) groups is 1. The van der Waals surface area contributed by atoms with Gasteiger partial charge in [-0.15, -0.1) is 11.8 Å². The van der Waals surface area contributed by atoms with Crippen LogP contribution in [0.15, 0.2) is 30.3 Å². The van der Waals surface area contributed by atoms with Crippen molar-refractivity contribution < 1.29 is 13.2 Å². The number of amides is 1. The van der Waals surface area contributed by atoms with Gasteiger partial charge in [0, 0.05) is 6.54 Å². The van der Waals surface area contributed by atoms with E-state index in [-0.39, 0.29) is 17.4 Å². The molecule has 2 aliphatic heterocycles. The minimum Gasteiger partial charge on any atom is -0.322 e. The molecule has 1 atom stereocenters. The minimum atomic E-state index is -3.00. The van der Waals surface area contributed by atoms with Crippen molar-refractivity contribution in [1.82, 2.24) is 4.90 Å². The zero-order chi connectivity index (χ0) is 13.5. The summed E-state index contributed by atoms with van der Waals surface area (Å²) in [5.41, 5.74) is 1.04. The van der Waals surface area contributed by atoms with E-state index >= 15 is 0 Å². The Bertz CT molecular complexity index is 600. The Morgan fingerprint density at radius 2 is 2.00 bits per heavy atom. The highest BCUT2D eigenvalue weighted by molar-refractivity contribution is 8.03. The monoisotopic (exact) mass is 297 g/mol. The van der Waals surface area contributed by atoms with Crippen molar-refractivity contribution >= 4 is 27.5 Å². The molecule has 0 radical (unpaired) electrons. The molecule has 2 fully saturated rings. The molecule has 2 heterocycles. The molecule has 1 spiro atoms. The van der Waals surface area contributed by atoms with Gasteiger partial charge in [0.25, 0.3) is 0 Å². The Morgan fingerprint density at radius 3 is 2.63 bits per heavy atom. The lowest BCUT2D eigenvalue weighted by Gasteiger charge is -2.33. The van der Waals surface area contributed by atoms with Crippen molar-refractivity contribution in [2.75, 3.05) is 17.3 Å². The van der Waals surface area contributed by atoms with Gasteiger partial charge in [-0.1, -0.05) is 30.3 Å². The molecule has 6 heteroatoms. The van der Waals surface area contributed by atoms with Crippen LogP contribution in [-0.4, -0.2) is 41.4 Å². The number of benzene rings is 1. The quantitative estimate of drug-likeness (QED) is 0.825. The summed E-state index contributed by atoms with van der Waals surface area (Å²) in [5.74, 6) is 0.732.